The summed E-state index contributed by atoms with van der Waals surface area (Å²) in [7, 11) is 0. The first-order valence-corrected chi connectivity index (χ1v) is 6.08. The van der Waals surface area contributed by atoms with Gasteiger partial charge >= 0.3 is 5.97 Å². The summed E-state index contributed by atoms with van der Waals surface area (Å²) in [5, 5.41) is 12.9. The second kappa shape index (κ2) is 5.38. The van der Waals surface area contributed by atoms with E-state index in [2.05, 4.69) is 5.32 Å². The van der Waals surface area contributed by atoms with Crippen LogP contribution >= 0.6 is 23.2 Å². The fourth-order valence-electron chi connectivity index (χ4n) is 1.60. The van der Waals surface area contributed by atoms with E-state index in [0.717, 1.165) is 0 Å². The molecule has 2 aromatic carbocycles. The third-order valence-electron chi connectivity index (χ3n) is 2.46. The van der Waals surface area contributed by atoms with Crippen LogP contribution in [0.15, 0.2) is 36.4 Å². The topological polar surface area (TPSA) is 75.3 Å². The van der Waals surface area contributed by atoms with Gasteiger partial charge in [0.15, 0.2) is 0 Å². The number of rotatable bonds is 3. The van der Waals surface area contributed by atoms with E-state index in [4.69, 9.17) is 34.0 Å². The molecule has 6 heteroatoms. The van der Waals surface area contributed by atoms with Crippen molar-refractivity contribution in [3.05, 3.63) is 52.0 Å². The van der Waals surface area contributed by atoms with Crippen LogP contribution in [0.1, 0.15) is 10.4 Å². The molecule has 0 amide bonds. The highest BCUT2D eigenvalue weighted by Gasteiger charge is 2.15. The molecule has 0 saturated heterocycles. The number of halogens is 2. The van der Waals surface area contributed by atoms with E-state index in [9.17, 15) is 4.79 Å². The predicted octanol–water partition coefficient (Wildman–Crippen LogP) is 4.02. The minimum atomic E-state index is -1.11. The largest absolute Gasteiger partial charge is 0.478 e. The van der Waals surface area contributed by atoms with Crippen LogP contribution in [0.25, 0.3) is 0 Å². The zero-order valence-electron chi connectivity index (χ0n) is 9.65. The number of carbonyl (C=O) groups is 1. The molecule has 0 atom stereocenters. The molecule has 2 aromatic rings. The van der Waals surface area contributed by atoms with Crippen molar-refractivity contribution in [1.29, 1.82) is 0 Å². The maximum Gasteiger partial charge on any atom is 0.337 e. The number of hydrogen-bond acceptors (Lipinski definition) is 3. The summed E-state index contributed by atoms with van der Waals surface area (Å²) in [6, 6.07) is 9.67. The van der Waals surface area contributed by atoms with Crippen molar-refractivity contribution in [2.75, 3.05) is 11.1 Å². The van der Waals surface area contributed by atoms with Gasteiger partial charge in [-0.3, -0.25) is 0 Å². The van der Waals surface area contributed by atoms with Crippen LogP contribution < -0.4 is 11.1 Å². The van der Waals surface area contributed by atoms with Crippen molar-refractivity contribution in [2.24, 2.45) is 0 Å². The number of carboxylic acids is 1. The van der Waals surface area contributed by atoms with Crippen LogP contribution in [0.3, 0.4) is 0 Å². The van der Waals surface area contributed by atoms with Crippen molar-refractivity contribution in [2.45, 2.75) is 0 Å². The number of nitrogen functional groups attached to an aromatic ring is 1. The van der Waals surface area contributed by atoms with Gasteiger partial charge in [-0.2, -0.15) is 0 Å². The van der Waals surface area contributed by atoms with Gasteiger partial charge in [-0.15, -0.1) is 0 Å². The Bertz CT molecular complexity index is 627. The maximum atomic E-state index is 11.2. The molecule has 0 aliphatic rings. The lowest BCUT2D eigenvalue weighted by atomic mass is 10.1. The number of nitrogens with two attached hydrogens (primary N) is 1. The van der Waals surface area contributed by atoms with Gasteiger partial charge in [0.05, 0.1) is 16.3 Å². The van der Waals surface area contributed by atoms with E-state index < -0.39 is 5.97 Å². The highest BCUT2D eigenvalue weighted by atomic mass is 35.5. The summed E-state index contributed by atoms with van der Waals surface area (Å²) in [5.74, 6) is -1.11. The molecule has 0 heterocycles. The Balaban J connectivity index is 2.44. The molecular formula is C13H10Cl2N2O2. The molecule has 0 fully saturated rings. The second-order valence-corrected chi connectivity index (χ2v) is 4.71. The summed E-state index contributed by atoms with van der Waals surface area (Å²) in [6.45, 7) is 0. The summed E-state index contributed by atoms with van der Waals surface area (Å²) < 4.78 is 0. The highest BCUT2D eigenvalue weighted by molar-refractivity contribution is 6.34. The number of hydrogen-bond donors (Lipinski definition) is 3. The van der Waals surface area contributed by atoms with Crippen molar-refractivity contribution in [3.8, 4) is 0 Å². The summed E-state index contributed by atoms with van der Waals surface area (Å²) in [5.41, 5.74) is 6.87. The Morgan fingerprint density at radius 1 is 1.16 bits per heavy atom. The van der Waals surface area contributed by atoms with Gasteiger partial charge in [-0.1, -0.05) is 23.2 Å². The Morgan fingerprint density at radius 3 is 2.37 bits per heavy atom. The Labute approximate surface area is 119 Å². The first-order chi connectivity index (χ1) is 8.97. The summed E-state index contributed by atoms with van der Waals surface area (Å²) in [4.78, 5) is 11.2. The molecule has 0 saturated carbocycles. The standard InChI is InChI=1S/C13H10Cl2N2O2/c14-7-1-3-9(4-2-7)17-12-10(13(18)19)5-8(16)6-11(12)15/h1-6,17H,16H2,(H,18,19). The minimum absolute atomic E-state index is 0.0138. The van der Waals surface area contributed by atoms with E-state index in [1.165, 1.54) is 12.1 Å². The lowest BCUT2D eigenvalue weighted by Gasteiger charge is -2.12. The van der Waals surface area contributed by atoms with Gasteiger partial charge in [0.2, 0.25) is 0 Å². The third kappa shape index (κ3) is 3.10. The molecule has 0 aromatic heterocycles. The van der Waals surface area contributed by atoms with Gasteiger partial charge in [0.25, 0.3) is 0 Å². The zero-order chi connectivity index (χ0) is 14.0. The van der Waals surface area contributed by atoms with E-state index in [1.54, 1.807) is 24.3 Å². The number of anilines is 3. The number of nitrogens with one attached hydrogen (secondary N) is 1. The second-order valence-electron chi connectivity index (χ2n) is 3.86. The quantitative estimate of drug-likeness (QED) is 0.748. The molecule has 4 nitrogen and oxygen atoms in total. The van der Waals surface area contributed by atoms with E-state index in [1.807, 2.05) is 0 Å². The third-order valence-corrected chi connectivity index (χ3v) is 3.01. The van der Waals surface area contributed by atoms with E-state index >= 15 is 0 Å². The van der Waals surface area contributed by atoms with Gasteiger partial charge < -0.3 is 16.2 Å². The van der Waals surface area contributed by atoms with E-state index in [0.29, 0.717) is 22.1 Å². The first kappa shape index (κ1) is 13.5. The lowest BCUT2D eigenvalue weighted by molar-refractivity contribution is 0.0698. The van der Waals surface area contributed by atoms with Gasteiger partial charge in [0.1, 0.15) is 0 Å². The smallest absolute Gasteiger partial charge is 0.337 e. The van der Waals surface area contributed by atoms with Crippen LogP contribution in [0, 0.1) is 0 Å². The van der Waals surface area contributed by atoms with Crippen LogP contribution in [0.5, 0.6) is 0 Å². The van der Waals surface area contributed by atoms with Crippen molar-refractivity contribution in [1.82, 2.24) is 0 Å². The van der Waals surface area contributed by atoms with Gasteiger partial charge in [-0.25, -0.2) is 4.79 Å². The van der Waals surface area contributed by atoms with Crippen molar-refractivity contribution in [3.63, 3.8) is 0 Å². The number of benzene rings is 2. The molecule has 0 aliphatic carbocycles. The SMILES string of the molecule is Nc1cc(Cl)c(Nc2ccc(Cl)cc2)c(C(=O)O)c1. The molecule has 4 N–H and O–H groups in total. The molecule has 0 radical (unpaired) electrons. The summed E-state index contributed by atoms with van der Waals surface area (Å²) >= 11 is 11.8. The molecule has 19 heavy (non-hydrogen) atoms. The Kier molecular flexibility index (Phi) is 3.83. The fraction of sp³-hybridized carbons (Fsp3) is 0. The van der Waals surface area contributed by atoms with Gasteiger partial charge in [0, 0.05) is 16.4 Å². The molecule has 0 unspecified atom stereocenters. The lowest BCUT2D eigenvalue weighted by Crippen LogP contribution is -2.04. The molecule has 0 aliphatic heterocycles. The maximum absolute atomic E-state index is 11.2. The molecule has 2 rings (SSSR count). The molecule has 98 valence electrons. The first-order valence-electron chi connectivity index (χ1n) is 5.32. The molecular weight excluding hydrogens is 287 g/mol. The van der Waals surface area contributed by atoms with E-state index in [-0.39, 0.29) is 10.6 Å². The monoisotopic (exact) mass is 296 g/mol. The Morgan fingerprint density at radius 2 is 1.79 bits per heavy atom. The minimum Gasteiger partial charge on any atom is -0.478 e. The van der Waals surface area contributed by atoms with Crippen LogP contribution in [0.2, 0.25) is 10.0 Å². The number of aromatic carboxylic acids is 1. The van der Waals surface area contributed by atoms with Crippen molar-refractivity contribution < 1.29 is 9.90 Å². The average molecular weight is 297 g/mol. The van der Waals surface area contributed by atoms with Crippen molar-refractivity contribution >= 4 is 46.2 Å². The van der Waals surface area contributed by atoms with Crippen LogP contribution in [-0.4, -0.2) is 11.1 Å². The highest BCUT2D eigenvalue weighted by Crippen LogP contribution is 2.32. The average Bonchev–Trinajstić information content (AvgIpc) is 2.34. The fourth-order valence-corrected chi connectivity index (χ4v) is 2.00. The Hall–Kier alpha value is -1.91. The number of carboxylic acid groups (broad SMARTS) is 1. The zero-order valence-corrected chi connectivity index (χ0v) is 11.2. The molecule has 0 bridgehead atoms. The predicted molar refractivity (Wildman–Crippen MR) is 77.6 cm³/mol. The normalized spacial score (nSPS) is 10.2. The van der Waals surface area contributed by atoms with Crippen LogP contribution in [-0.2, 0) is 0 Å². The summed E-state index contributed by atoms with van der Waals surface area (Å²) in [6.07, 6.45) is 0. The van der Waals surface area contributed by atoms with Crippen LogP contribution in [0.4, 0.5) is 17.1 Å². The van der Waals surface area contributed by atoms with Gasteiger partial charge in [-0.05, 0) is 36.4 Å². The molecule has 0 spiro atoms.